The average molecular weight is 227 g/mol. The zero-order valence-electron chi connectivity index (χ0n) is 8.97. The van der Waals surface area contributed by atoms with Crippen molar-refractivity contribution >= 4 is 17.6 Å². The van der Waals surface area contributed by atoms with Crippen molar-refractivity contribution in [3.05, 3.63) is 47.2 Å². The Balaban J connectivity index is 2.07. The molecule has 0 fully saturated rings. The number of hydrogen-bond acceptors (Lipinski definition) is 3. The van der Waals surface area contributed by atoms with E-state index in [1.54, 1.807) is 24.3 Å². The highest BCUT2D eigenvalue weighted by atomic mass is 16.2. The van der Waals surface area contributed by atoms with Crippen LogP contribution < -0.4 is 0 Å². The van der Waals surface area contributed by atoms with E-state index >= 15 is 0 Å². The molecule has 3 rings (SSSR count). The molecule has 1 aliphatic carbocycles. The number of fused-ring (bicyclic) bond motifs is 1. The Hall–Kier alpha value is -2.23. The summed E-state index contributed by atoms with van der Waals surface area (Å²) in [5, 5.41) is 0. The lowest BCUT2D eigenvalue weighted by atomic mass is 10.1. The van der Waals surface area contributed by atoms with Crippen LogP contribution in [0.5, 0.6) is 0 Å². The minimum Gasteiger partial charge on any atom is -0.295 e. The lowest BCUT2D eigenvalue weighted by Crippen LogP contribution is -2.28. The first-order valence-electron chi connectivity index (χ1n) is 5.40. The quantitative estimate of drug-likeness (QED) is 0.683. The summed E-state index contributed by atoms with van der Waals surface area (Å²) in [4.78, 5) is 36.4. The first-order chi connectivity index (χ1) is 8.18. The minimum atomic E-state index is -0.327. The highest BCUT2D eigenvalue weighted by Crippen LogP contribution is 2.29. The number of hydrogen-bond donors (Lipinski definition) is 0. The molecule has 17 heavy (non-hydrogen) atoms. The normalized spacial score (nSPS) is 18.7. The summed E-state index contributed by atoms with van der Waals surface area (Å²) >= 11 is 0. The molecule has 0 spiro atoms. The third-order valence-corrected chi connectivity index (χ3v) is 3.04. The monoisotopic (exact) mass is 227 g/mol. The maximum absolute atomic E-state index is 12.1. The van der Waals surface area contributed by atoms with Crippen molar-refractivity contribution in [2.24, 2.45) is 0 Å². The molecule has 0 saturated carbocycles. The molecule has 4 nitrogen and oxygen atoms in total. The first kappa shape index (κ1) is 9.96. The number of imide groups is 1. The van der Waals surface area contributed by atoms with Gasteiger partial charge in [0.25, 0.3) is 11.8 Å². The van der Waals surface area contributed by atoms with Crippen LogP contribution in [-0.4, -0.2) is 22.5 Å². The van der Waals surface area contributed by atoms with E-state index in [1.165, 1.54) is 6.08 Å². The molecular formula is C13H9NO3. The predicted octanol–water partition coefficient (Wildman–Crippen LogP) is 1.53. The molecule has 0 saturated heterocycles. The predicted molar refractivity (Wildman–Crippen MR) is 59.3 cm³/mol. The zero-order chi connectivity index (χ0) is 12.0. The van der Waals surface area contributed by atoms with Gasteiger partial charge in [0.1, 0.15) is 0 Å². The van der Waals surface area contributed by atoms with Crippen molar-refractivity contribution in [1.29, 1.82) is 0 Å². The van der Waals surface area contributed by atoms with E-state index in [-0.39, 0.29) is 17.6 Å². The van der Waals surface area contributed by atoms with Gasteiger partial charge in [0.2, 0.25) is 0 Å². The second-order valence-corrected chi connectivity index (χ2v) is 4.09. The minimum absolute atomic E-state index is 0.0310. The third kappa shape index (κ3) is 1.34. The molecule has 0 atom stereocenters. The van der Waals surface area contributed by atoms with Crippen LogP contribution in [0.2, 0.25) is 0 Å². The Morgan fingerprint density at radius 3 is 1.94 bits per heavy atom. The number of allylic oxidation sites excluding steroid dienone is 2. The van der Waals surface area contributed by atoms with Gasteiger partial charge in [0, 0.05) is 18.2 Å². The van der Waals surface area contributed by atoms with Gasteiger partial charge < -0.3 is 0 Å². The van der Waals surface area contributed by atoms with E-state index in [2.05, 4.69) is 0 Å². The Kier molecular flexibility index (Phi) is 1.98. The van der Waals surface area contributed by atoms with Crippen molar-refractivity contribution in [1.82, 2.24) is 4.90 Å². The Bertz CT molecular complexity index is 551. The standard InChI is InChI=1S/C13H9NO3/c15-9-6-5-8(7-9)14-12(16)10-3-1-2-4-11(10)13(14)17/h1-4,7H,5-6H2. The summed E-state index contributed by atoms with van der Waals surface area (Å²) in [6.45, 7) is 0. The maximum Gasteiger partial charge on any atom is 0.265 e. The van der Waals surface area contributed by atoms with E-state index < -0.39 is 0 Å². The van der Waals surface area contributed by atoms with Crippen LogP contribution in [0.15, 0.2) is 36.0 Å². The smallest absolute Gasteiger partial charge is 0.265 e. The van der Waals surface area contributed by atoms with Crippen LogP contribution in [0.25, 0.3) is 0 Å². The molecule has 4 heteroatoms. The van der Waals surface area contributed by atoms with Gasteiger partial charge in [0.05, 0.1) is 11.1 Å². The Labute approximate surface area is 97.5 Å². The molecule has 0 unspecified atom stereocenters. The summed E-state index contributed by atoms with van der Waals surface area (Å²) in [5.41, 5.74) is 1.34. The number of ketones is 1. The second-order valence-electron chi connectivity index (χ2n) is 4.09. The van der Waals surface area contributed by atoms with Crippen LogP contribution in [0.3, 0.4) is 0 Å². The summed E-state index contributed by atoms with van der Waals surface area (Å²) in [6.07, 6.45) is 2.23. The first-order valence-corrected chi connectivity index (χ1v) is 5.40. The SMILES string of the molecule is O=C1C=C(N2C(=O)c3ccccc3C2=O)CC1. The largest absolute Gasteiger partial charge is 0.295 e. The third-order valence-electron chi connectivity index (χ3n) is 3.04. The Morgan fingerprint density at radius 2 is 1.47 bits per heavy atom. The fourth-order valence-corrected chi connectivity index (χ4v) is 2.21. The lowest BCUT2D eigenvalue weighted by Gasteiger charge is -2.13. The van der Waals surface area contributed by atoms with Gasteiger partial charge in [-0.3, -0.25) is 14.4 Å². The van der Waals surface area contributed by atoms with Crippen molar-refractivity contribution in [2.75, 3.05) is 0 Å². The fourth-order valence-electron chi connectivity index (χ4n) is 2.21. The van der Waals surface area contributed by atoms with E-state index in [0.29, 0.717) is 29.7 Å². The van der Waals surface area contributed by atoms with E-state index in [9.17, 15) is 14.4 Å². The molecule has 1 heterocycles. The molecule has 1 aromatic rings. The number of amides is 2. The summed E-state index contributed by atoms with van der Waals surface area (Å²) in [6, 6.07) is 6.71. The molecule has 2 amide bonds. The van der Waals surface area contributed by atoms with Gasteiger partial charge in [-0.1, -0.05) is 12.1 Å². The fraction of sp³-hybridized carbons (Fsp3) is 0.154. The van der Waals surface area contributed by atoms with E-state index in [4.69, 9.17) is 0 Å². The molecule has 0 radical (unpaired) electrons. The van der Waals surface area contributed by atoms with Crippen LogP contribution in [0, 0.1) is 0 Å². The molecule has 1 aliphatic heterocycles. The topological polar surface area (TPSA) is 54.5 Å². The maximum atomic E-state index is 12.1. The number of rotatable bonds is 1. The van der Waals surface area contributed by atoms with Crippen molar-refractivity contribution in [2.45, 2.75) is 12.8 Å². The summed E-state index contributed by atoms with van der Waals surface area (Å²) in [5.74, 6) is -0.686. The molecule has 0 aromatic heterocycles. The van der Waals surface area contributed by atoms with Gasteiger partial charge in [-0.25, -0.2) is 4.90 Å². The van der Waals surface area contributed by atoms with E-state index in [0.717, 1.165) is 4.90 Å². The number of benzene rings is 1. The van der Waals surface area contributed by atoms with Crippen molar-refractivity contribution < 1.29 is 14.4 Å². The Morgan fingerprint density at radius 1 is 0.882 bits per heavy atom. The lowest BCUT2D eigenvalue weighted by molar-refractivity contribution is -0.114. The van der Waals surface area contributed by atoms with Crippen LogP contribution in [0.4, 0.5) is 0 Å². The number of carbonyl (C=O) groups is 3. The van der Waals surface area contributed by atoms with Gasteiger partial charge in [0.15, 0.2) is 5.78 Å². The molecule has 84 valence electrons. The zero-order valence-corrected chi connectivity index (χ0v) is 8.97. The second kappa shape index (κ2) is 3.38. The van der Waals surface area contributed by atoms with Crippen LogP contribution >= 0.6 is 0 Å². The highest BCUT2D eigenvalue weighted by molar-refractivity contribution is 6.22. The van der Waals surface area contributed by atoms with Crippen molar-refractivity contribution in [3.8, 4) is 0 Å². The molecular weight excluding hydrogens is 218 g/mol. The van der Waals surface area contributed by atoms with Crippen molar-refractivity contribution in [3.63, 3.8) is 0 Å². The number of nitrogens with zero attached hydrogens (tertiary/aromatic N) is 1. The molecule has 2 aliphatic rings. The van der Waals surface area contributed by atoms with E-state index in [1.807, 2.05) is 0 Å². The van der Waals surface area contributed by atoms with Crippen LogP contribution in [-0.2, 0) is 4.79 Å². The van der Waals surface area contributed by atoms with Gasteiger partial charge in [-0.15, -0.1) is 0 Å². The average Bonchev–Trinajstić information content (AvgIpc) is 2.84. The van der Waals surface area contributed by atoms with Gasteiger partial charge >= 0.3 is 0 Å². The summed E-state index contributed by atoms with van der Waals surface area (Å²) in [7, 11) is 0. The van der Waals surface area contributed by atoms with Crippen LogP contribution in [0.1, 0.15) is 33.6 Å². The number of carbonyl (C=O) groups excluding carboxylic acids is 3. The van der Waals surface area contributed by atoms with Gasteiger partial charge in [-0.2, -0.15) is 0 Å². The highest BCUT2D eigenvalue weighted by Gasteiger charge is 2.38. The molecule has 0 N–H and O–H groups in total. The molecule has 1 aromatic carbocycles. The van der Waals surface area contributed by atoms with Gasteiger partial charge in [-0.05, 0) is 18.6 Å². The molecule has 0 bridgehead atoms. The summed E-state index contributed by atoms with van der Waals surface area (Å²) < 4.78 is 0.